The lowest BCUT2D eigenvalue weighted by atomic mass is 10.2. The molecule has 2 N–H and O–H groups in total. The highest BCUT2D eigenvalue weighted by molar-refractivity contribution is 7.13. The molecule has 2 aromatic heterocycles. The molecule has 0 spiro atoms. The minimum absolute atomic E-state index is 0.0917. The van der Waals surface area contributed by atoms with Crippen molar-refractivity contribution < 1.29 is 14.3 Å². The second kappa shape index (κ2) is 10.2. The summed E-state index contributed by atoms with van der Waals surface area (Å²) in [5.74, 6) is -0.159. The molecular formula is C26H20N6O3S. The lowest BCUT2D eigenvalue weighted by Crippen LogP contribution is -2.42. The summed E-state index contributed by atoms with van der Waals surface area (Å²) in [5, 5.41) is 6.62. The summed E-state index contributed by atoms with van der Waals surface area (Å²) >= 11 is 1.30. The zero-order valence-electron chi connectivity index (χ0n) is 19.1. The minimum atomic E-state index is -0.657. The lowest BCUT2D eigenvalue weighted by molar-refractivity contribution is 0.0839. The van der Waals surface area contributed by atoms with E-state index < -0.39 is 11.8 Å². The molecule has 9 nitrogen and oxygen atoms in total. The van der Waals surface area contributed by atoms with Crippen molar-refractivity contribution in [3.63, 3.8) is 0 Å². The van der Waals surface area contributed by atoms with Gasteiger partial charge in [-0.2, -0.15) is 0 Å². The van der Waals surface area contributed by atoms with Crippen molar-refractivity contribution in [1.29, 1.82) is 0 Å². The molecule has 178 valence electrons. The predicted molar refractivity (Wildman–Crippen MR) is 136 cm³/mol. The van der Waals surface area contributed by atoms with Crippen LogP contribution >= 0.6 is 11.3 Å². The predicted octanol–water partition coefficient (Wildman–Crippen LogP) is 4.14. The van der Waals surface area contributed by atoms with Crippen LogP contribution in [0.5, 0.6) is 5.75 Å². The fourth-order valence-electron chi connectivity index (χ4n) is 3.49. The molecule has 5 rings (SSSR count). The number of methoxy groups -OCH3 is 1. The Balaban J connectivity index is 1.33. The molecule has 5 aromatic rings. The van der Waals surface area contributed by atoms with Crippen LogP contribution in [0.25, 0.3) is 27.6 Å². The van der Waals surface area contributed by atoms with Gasteiger partial charge in [0.15, 0.2) is 5.82 Å². The van der Waals surface area contributed by atoms with Gasteiger partial charge in [-0.3, -0.25) is 20.4 Å². The van der Waals surface area contributed by atoms with Gasteiger partial charge < -0.3 is 4.74 Å². The fraction of sp³-hybridized carbons (Fsp3) is 0.0385. The number of aromatic nitrogens is 4. The van der Waals surface area contributed by atoms with Crippen molar-refractivity contribution in [2.45, 2.75) is 0 Å². The van der Waals surface area contributed by atoms with Crippen LogP contribution in [-0.4, -0.2) is 38.7 Å². The Labute approximate surface area is 210 Å². The van der Waals surface area contributed by atoms with Crippen molar-refractivity contribution >= 4 is 23.2 Å². The second-order valence-corrected chi connectivity index (χ2v) is 8.38. The monoisotopic (exact) mass is 496 g/mol. The van der Waals surface area contributed by atoms with Gasteiger partial charge in [-0.1, -0.05) is 60.7 Å². The number of amides is 2. The van der Waals surface area contributed by atoms with Crippen molar-refractivity contribution in [3.05, 3.63) is 102 Å². The summed E-state index contributed by atoms with van der Waals surface area (Å²) in [4.78, 5) is 34.3. The zero-order chi connectivity index (χ0) is 24.9. The number of para-hydroxylation sites is 2. The van der Waals surface area contributed by atoms with Gasteiger partial charge in [0.1, 0.15) is 16.5 Å². The maximum absolute atomic E-state index is 12.8. The molecule has 0 aliphatic carbocycles. The average Bonchev–Trinajstić information content (AvgIpc) is 3.61. The van der Waals surface area contributed by atoms with Crippen LogP contribution in [-0.2, 0) is 0 Å². The Kier molecular flexibility index (Phi) is 6.50. The molecule has 10 heteroatoms. The summed E-state index contributed by atoms with van der Waals surface area (Å²) in [5.41, 5.74) is 7.24. The number of benzene rings is 3. The Morgan fingerprint density at radius 3 is 2.25 bits per heavy atom. The average molecular weight is 497 g/mol. The van der Waals surface area contributed by atoms with E-state index in [0.717, 1.165) is 16.8 Å². The third-order valence-electron chi connectivity index (χ3n) is 5.21. The van der Waals surface area contributed by atoms with Gasteiger partial charge in [-0.15, -0.1) is 16.4 Å². The van der Waals surface area contributed by atoms with Crippen molar-refractivity contribution in [2.75, 3.05) is 7.11 Å². The molecule has 0 saturated heterocycles. The first-order valence-electron chi connectivity index (χ1n) is 10.9. The number of thiazole rings is 1. The molecule has 3 aromatic carbocycles. The molecular weight excluding hydrogens is 476 g/mol. The number of nitrogens with zero attached hydrogens (tertiary/aromatic N) is 4. The number of carbonyl (C=O) groups is 2. The van der Waals surface area contributed by atoms with E-state index in [9.17, 15) is 9.59 Å². The molecule has 2 heterocycles. The third kappa shape index (κ3) is 4.70. The van der Waals surface area contributed by atoms with Gasteiger partial charge in [0.2, 0.25) is 5.82 Å². The van der Waals surface area contributed by atoms with E-state index in [0.29, 0.717) is 16.6 Å². The minimum Gasteiger partial charge on any atom is -0.496 e. The number of hydrazine groups is 1. The van der Waals surface area contributed by atoms with Gasteiger partial charge in [-0.05, 0) is 24.3 Å². The Hall–Kier alpha value is -4.83. The van der Waals surface area contributed by atoms with E-state index in [4.69, 9.17) is 4.74 Å². The number of hydrogen-bond acceptors (Lipinski definition) is 7. The first kappa shape index (κ1) is 22.9. The van der Waals surface area contributed by atoms with E-state index >= 15 is 0 Å². The maximum atomic E-state index is 12.8. The molecule has 0 atom stereocenters. The number of nitrogens with one attached hydrogen (secondary N) is 2. The van der Waals surface area contributed by atoms with Gasteiger partial charge in [0, 0.05) is 10.9 Å². The highest BCUT2D eigenvalue weighted by Gasteiger charge is 2.20. The van der Waals surface area contributed by atoms with E-state index in [-0.39, 0.29) is 11.5 Å². The number of carbonyl (C=O) groups excluding carboxylic acids is 2. The fourth-order valence-corrected chi connectivity index (χ4v) is 4.32. The normalized spacial score (nSPS) is 10.6. The molecule has 0 radical (unpaired) electrons. The Bertz CT molecular complexity index is 1460. The van der Waals surface area contributed by atoms with Crippen molar-refractivity contribution in [1.82, 2.24) is 30.6 Å². The summed E-state index contributed by atoms with van der Waals surface area (Å²) in [7, 11) is 1.58. The number of hydrogen-bond donors (Lipinski definition) is 2. The van der Waals surface area contributed by atoms with Crippen LogP contribution in [0.3, 0.4) is 0 Å². The molecule has 2 amide bonds. The molecule has 0 aliphatic rings. The van der Waals surface area contributed by atoms with Crippen LogP contribution < -0.4 is 15.6 Å². The highest BCUT2D eigenvalue weighted by atomic mass is 32.1. The molecule has 0 aliphatic heterocycles. The summed E-state index contributed by atoms with van der Waals surface area (Å²) in [6.45, 7) is 0. The quantitative estimate of drug-likeness (QED) is 0.342. The number of rotatable bonds is 6. The third-order valence-corrected chi connectivity index (χ3v) is 6.08. The van der Waals surface area contributed by atoms with Crippen LogP contribution in [0.4, 0.5) is 0 Å². The van der Waals surface area contributed by atoms with Crippen molar-refractivity contribution in [2.24, 2.45) is 0 Å². The molecule has 0 bridgehead atoms. The smallest absolute Gasteiger partial charge is 0.309 e. The maximum Gasteiger partial charge on any atom is 0.309 e. The van der Waals surface area contributed by atoms with Gasteiger partial charge >= 0.3 is 5.91 Å². The van der Waals surface area contributed by atoms with Crippen LogP contribution in [0.15, 0.2) is 90.3 Å². The first-order chi connectivity index (χ1) is 17.6. The molecule has 0 unspecified atom stereocenters. The highest BCUT2D eigenvalue weighted by Crippen LogP contribution is 2.31. The van der Waals surface area contributed by atoms with Gasteiger partial charge in [-0.25, -0.2) is 14.6 Å². The topological polar surface area (TPSA) is 111 Å². The zero-order valence-corrected chi connectivity index (χ0v) is 19.9. The largest absolute Gasteiger partial charge is 0.496 e. The van der Waals surface area contributed by atoms with E-state index in [1.165, 1.54) is 11.3 Å². The molecule has 0 fully saturated rings. The second-order valence-electron chi connectivity index (χ2n) is 7.52. The van der Waals surface area contributed by atoms with Crippen LogP contribution in [0, 0.1) is 0 Å². The lowest BCUT2D eigenvalue weighted by Gasteiger charge is -2.05. The van der Waals surface area contributed by atoms with Gasteiger partial charge in [0.25, 0.3) is 5.91 Å². The first-order valence-corrected chi connectivity index (χ1v) is 11.8. The van der Waals surface area contributed by atoms with Gasteiger partial charge in [0.05, 0.1) is 18.4 Å². The van der Waals surface area contributed by atoms with Crippen LogP contribution in [0.2, 0.25) is 0 Å². The Morgan fingerprint density at radius 2 is 1.50 bits per heavy atom. The number of ether oxygens (including phenoxy) is 1. The summed E-state index contributed by atoms with van der Waals surface area (Å²) in [6, 6.07) is 26.2. The van der Waals surface area contributed by atoms with Crippen LogP contribution in [0.1, 0.15) is 21.1 Å². The molecule has 36 heavy (non-hydrogen) atoms. The summed E-state index contributed by atoms with van der Waals surface area (Å²) < 4.78 is 6.96. The van der Waals surface area contributed by atoms with E-state index in [1.54, 1.807) is 17.2 Å². The Morgan fingerprint density at radius 1 is 0.833 bits per heavy atom. The van der Waals surface area contributed by atoms with E-state index in [1.807, 2.05) is 84.9 Å². The van der Waals surface area contributed by atoms with Crippen molar-refractivity contribution in [3.8, 4) is 33.4 Å². The molecule has 0 saturated carbocycles. The SMILES string of the molecule is COc1ccccc1-c1nc(C(=O)NNC(=O)c2nc(-c3ccccc3)n(-c3ccccc3)n2)cs1. The standard InChI is InChI=1S/C26H20N6O3S/c1-35-21-15-9-8-14-19(21)26-27-20(16-36-26)24(33)29-30-25(34)22-28-23(17-10-4-2-5-11-17)32(31-22)18-12-6-3-7-13-18/h2-16H,1H3,(H,29,33)(H,30,34). The summed E-state index contributed by atoms with van der Waals surface area (Å²) in [6.07, 6.45) is 0. The van der Waals surface area contributed by atoms with E-state index in [2.05, 4.69) is 25.9 Å².